The molecular weight excluding hydrogens is 304 g/mol. The van der Waals surface area contributed by atoms with Gasteiger partial charge in [-0.2, -0.15) is 10.1 Å². The number of Topliss-reactive ketones (excluding diaryl/α,β-unsaturated/α-hetero) is 1. The highest BCUT2D eigenvalue weighted by Gasteiger charge is 2.44. The molecule has 2 heterocycles. The molecule has 6 nitrogen and oxygen atoms in total. The summed E-state index contributed by atoms with van der Waals surface area (Å²) in [5.74, 6) is 1.43. The van der Waals surface area contributed by atoms with E-state index in [1.165, 1.54) is 6.33 Å². The van der Waals surface area contributed by atoms with E-state index in [-0.39, 0.29) is 23.2 Å². The van der Waals surface area contributed by atoms with Crippen LogP contribution in [0.4, 0.5) is 5.95 Å². The molecule has 0 radical (unpaired) electrons. The van der Waals surface area contributed by atoms with Gasteiger partial charge in [-0.15, -0.1) is 0 Å². The van der Waals surface area contributed by atoms with Crippen LogP contribution < -0.4 is 10.1 Å². The number of carbonyl (C=O) groups is 1. The molecule has 0 spiro atoms. The smallest absolute Gasteiger partial charge is 0.226 e. The summed E-state index contributed by atoms with van der Waals surface area (Å²) >= 11 is 0. The number of nitrogens with one attached hydrogen (secondary N) is 1. The molecule has 0 amide bonds. The molecule has 2 unspecified atom stereocenters. The number of hydrogen-bond donors (Lipinski definition) is 1. The summed E-state index contributed by atoms with van der Waals surface area (Å²) in [6.45, 7) is 4.16. The first-order valence-corrected chi connectivity index (χ1v) is 8.04. The van der Waals surface area contributed by atoms with Crippen molar-refractivity contribution in [3.8, 4) is 5.75 Å². The Balaban J connectivity index is 1.86. The monoisotopic (exact) mass is 324 g/mol. The molecule has 1 aliphatic heterocycles. The number of hydrogen-bond acceptors (Lipinski definition) is 5. The van der Waals surface area contributed by atoms with Gasteiger partial charge in [-0.25, -0.2) is 4.68 Å². The van der Waals surface area contributed by atoms with Crippen molar-refractivity contribution in [2.75, 3.05) is 12.4 Å². The Hall–Kier alpha value is -2.63. The zero-order chi connectivity index (χ0) is 16.9. The first-order valence-electron chi connectivity index (χ1n) is 8.04. The highest BCUT2D eigenvalue weighted by Crippen LogP contribution is 2.45. The highest BCUT2D eigenvalue weighted by molar-refractivity contribution is 5.88. The molecule has 0 saturated heterocycles. The van der Waals surface area contributed by atoms with Crippen molar-refractivity contribution in [1.82, 2.24) is 14.8 Å². The Bertz CT molecular complexity index is 820. The molecular formula is C18H20N4O2. The van der Waals surface area contributed by atoms with Crippen molar-refractivity contribution in [2.24, 2.45) is 11.3 Å². The second kappa shape index (κ2) is 5.19. The van der Waals surface area contributed by atoms with Gasteiger partial charge in [0, 0.05) is 12.1 Å². The van der Waals surface area contributed by atoms with Gasteiger partial charge in [0.15, 0.2) is 0 Å². The summed E-state index contributed by atoms with van der Waals surface area (Å²) in [6, 6.07) is 7.61. The number of ether oxygens (including phenoxy) is 1. The second-order valence-electron chi connectivity index (χ2n) is 7.08. The number of allylic oxidation sites excluding steroid dienone is 2. The SMILES string of the molecule is COc1ccc(C2C3C(=O)CC(C)(C)C=C3Nc3ncnn32)cc1. The fraction of sp³-hybridized carbons (Fsp3) is 0.389. The van der Waals surface area contributed by atoms with E-state index in [4.69, 9.17) is 4.74 Å². The summed E-state index contributed by atoms with van der Waals surface area (Å²) in [5, 5.41) is 7.64. The summed E-state index contributed by atoms with van der Waals surface area (Å²) in [5.41, 5.74) is 1.80. The van der Waals surface area contributed by atoms with E-state index < -0.39 is 0 Å². The first kappa shape index (κ1) is 14.9. The van der Waals surface area contributed by atoms with E-state index >= 15 is 0 Å². The second-order valence-corrected chi connectivity index (χ2v) is 7.08. The van der Waals surface area contributed by atoms with Crippen LogP contribution in [0.1, 0.15) is 31.9 Å². The number of benzene rings is 1. The normalized spacial score (nSPS) is 24.5. The minimum atomic E-state index is -0.263. The lowest BCUT2D eigenvalue weighted by molar-refractivity contribution is -0.125. The number of aromatic nitrogens is 3. The van der Waals surface area contributed by atoms with Gasteiger partial charge in [0.1, 0.15) is 17.9 Å². The fourth-order valence-corrected chi connectivity index (χ4v) is 3.70. The third kappa shape index (κ3) is 2.29. The molecule has 4 rings (SSSR count). The van der Waals surface area contributed by atoms with Crippen LogP contribution >= 0.6 is 0 Å². The van der Waals surface area contributed by atoms with Gasteiger partial charge in [0.05, 0.1) is 19.1 Å². The van der Waals surface area contributed by atoms with Gasteiger partial charge in [0.25, 0.3) is 0 Å². The van der Waals surface area contributed by atoms with Crippen molar-refractivity contribution in [1.29, 1.82) is 0 Å². The lowest BCUT2D eigenvalue weighted by Gasteiger charge is -2.40. The molecule has 124 valence electrons. The predicted octanol–water partition coefficient (Wildman–Crippen LogP) is 2.80. The molecule has 2 atom stereocenters. The maximum atomic E-state index is 12.9. The third-order valence-electron chi connectivity index (χ3n) is 4.72. The Morgan fingerprint density at radius 2 is 2.04 bits per heavy atom. The third-order valence-corrected chi connectivity index (χ3v) is 4.72. The predicted molar refractivity (Wildman–Crippen MR) is 89.8 cm³/mol. The van der Waals surface area contributed by atoms with Crippen molar-refractivity contribution in [2.45, 2.75) is 26.3 Å². The van der Waals surface area contributed by atoms with Crippen LogP contribution in [0, 0.1) is 11.3 Å². The summed E-state index contributed by atoms with van der Waals surface area (Å²) < 4.78 is 7.05. The average Bonchev–Trinajstić information content (AvgIpc) is 3.00. The topological polar surface area (TPSA) is 69.0 Å². The molecule has 1 aliphatic carbocycles. The van der Waals surface area contributed by atoms with Gasteiger partial charge >= 0.3 is 0 Å². The van der Waals surface area contributed by atoms with E-state index in [1.807, 2.05) is 24.3 Å². The van der Waals surface area contributed by atoms with Crippen LogP contribution in [-0.2, 0) is 4.79 Å². The summed E-state index contributed by atoms with van der Waals surface area (Å²) in [7, 11) is 1.64. The van der Waals surface area contributed by atoms with Gasteiger partial charge in [-0.05, 0) is 23.1 Å². The lowest BCUT2D eigenvalue weighted by Crippen LogP contribution is -2.42. The van der Waals surface area contributed by atoms with Crippen molar-refractivity contribution in [3.63, 3.8) is 0 Å². The van der Waals surface area contributed by atoms with Crippen LogP contribution in [0.2, 0.25) is 0 Å². The Morgan fingerprint density at radius 1 is 1.29 bits per heavy atom. The molecule has 6 heteroatoms. The molecule has 2 aromatic rings. The van der Waals surface area contributed by atoms with E-state index in [0.29, 0.717) is 12.4 Å². The number of rotatable bonds is 2. The van der Waals surface area contributed by atoms with Crippen LogP contribution in [0.25, 0.3) is 0 Å². The zero-order valence-corrected chi connectivity index (χ0v) is 14.0. The van der Waals surface area contributed by atoms with Crippen molar-refractivity contribution in [3.05, 3.63) is 47.9 Å². The van der Waals surface area contributed by atoms with Gasteiger partial charge in [0.2, 0.25) is 5.95 Å². The maximum Gasteiger partial charge on any atom is 0.226 e. The Labute approximate surface area is 140 Å². The van der Waals surface area contributed by atoms with Crippen LogP contribution in [-0.4, -0.2) is 27.7 Å². The average molecular weight is 324 g/mol. The van der Waals surface area contributed by atoms with Gasteiger partial charge in [-0.1, -0.05) is 32.1 Å². The molecule has 0 bridgehead atoms. The Kier molecular flexibility index (Phi) is 3.23. The fourth-order valence-electron chi connectivity index (χ4n) is 3.70. The first-order chi connectivity index (χ1) is 11.5. The van der Waals surface area contributed by atoms with Gasteiger partial charge in [-0.3, -0.25) is 4.79 Å². The zero-order valence-electron chi connectivity index (χ0n) is 14.0. The minimum Gasteiger partial charge on any atom is -0.497 e. The number of methoxy groups -OCH3 is 1. The molecule has 0 fully saturated rings. The molecule has 1 aromatic carbocycles. The molecule has 1 N–H and O–H groups in total. The number of ketones is 1. The van der Waals surface area contributed by atoms with Crippen LogP contribution in [0.5, 0.6) is 5.75 Å². The highest BCUT2D eigenvalue weighted by atomic mass is 16.5. The standard InChI is InChI=1S/C18H20N4O2/c1-18(2)8-13-15(14(23)9-18)16(22-17(21-13)19-10-20-22)11-4-6-12(24-3)7-5-11/h4-8,10,15-16H,9H2,1-3H3,(H,19,20,21). The van der Waals surface area contributed by atoms with E-state index in [2.05, 4.69) is 35.3 Å². The summed E-state index contributed by atoms with van der Waals surface area (Å²) in [4.78, 5) is 17.2. The van der Waals surface area contributed by atoms with Crippen molar-refractivity contribution < 1.29 is 9.53 Å². The van der Waals surface area contributed by atoms with E-state index in [9.17, 15) is 4.79 Å². The number of anilines is 1. The summed E-state index contributed by atoms with van der Waals surface area (Å²) in [6.07, 6.45) is 4.21. The largest absolute Gasteiger partial charge is 0.497 e. The molecule has 2 aliphatic rings. The number of nitrogens with zero attached hydrogens (tertiary/aromatic N) is 3. The quantitative estimate of drug-likeness (QED) is 0.920. The molecule has 1 aromatic heterocycles. The number of fused-ring (bicyclic) bond motifs is 2. The van der Waals surface area contributed by atoms with E-state index in [1.54, 1.807) is 11.8 Å². The lowest BCUT2D eigenvalue weighted by atomic mass is 9.72. The van der Waals surface area contributed by atoms with E-state index in [0.717, 1.165) is 17.0 Å². The van der Waals surface area contributed by atoms with Crippen LogP contribution in [0.3, 0.4) is 0 Å². The number of carbonyl (C=O) groups excluding carboxylic acids is 1. The molecule has 0 saturated carbocycles. The maximum absolute atomic E-state index is 12.9. The van der Waals surface area contributed by atoms with Crippen LogP contribution in [0.15, 0.2) is 42.4 Å². The van der Waals surface area contributed by atoms with Crippen molar-refractivity contribution >= 4 is 11.7 Å². The molecule has 24 heavy (non-hydrogen) atoms. The minimum absolute atomic E-state index is 0.150. The Morgan fingerprint density at radius 3 is 2.75 bits per heavy atom. The van der Waals surface area contributed by atoms with Gasteiger partial charge < -0.3 is 10.1 Å².